The Morgan fingerprint density at radius 3 is 2.59 bits per heavy atom. The number of rotatable bonds is 7. The average Bonchev–Trinajstić information content (AvgIpc) is 2.70. The Balaban J connectivity index is 2.61. The first-order valence-electron chi connectivity index (χ1n) is 6.42. The van der Waals surface area contributed by atoms with E-state index >= 15 is 0 Å². The lowest BCUT2D eigenvalue weighted by molar-refractivity contribution is 0.211. The van der Waals surface area contributed by atoms with Gasteiger partial charge in [-0.3, -0.25) is 4.68 Å². The molecule has 0 radical (unpaired) electrons. The van der Waals surface area contributed by atoms with Gasteiger partial charge >= 0.3 is 0 Å². The summed E-state index contributed by atoms with van der Waals surface area (Å²) in [5.74, 6) is 0.589. The summed E-state index contributed by atoms with van der Waals surface area (Å²) >= 11 is 0. The van der Waals surface area contributed by atoms with Crippen LogP contribution in [0.2, 0.25) is 0 Å². The van der Waals surface area contributed by atoms with Crippen molar-refractivity contribution in [3.05, 3.63) is 18.0 Å². The van der Waals surface area contributed by atoms with Gasteiger partial charge in [-0.05, 0) is 18.8 Å². The molecule has 0 saturated carbocycles. The van der Waals surface area contributed by atoms with Crippen molar-refractivity contribution in [2.24, 2.45) is 13.0 Å². The number of aromatic nitrogens is 2. The van der Waals surface area contributed by atoms with Crippen LogP contribution in [-0.2, 0) is 7.05 Å². The monoisotopic (exact) mass is 239 g/mol. The first-order valence-corrected chi connectivity index (χ1v) is 6.42. The van der Waals surface area contributed by atoms with Gasteiger partial charge in [-0.1, -0.05) is 20.8 Å². The Kier molecular flexibility index (Phi) is 5.65. The summed E-state index contributed by atoms with van der Waals surface area (Å²) in [6.45, 7) is 6.69. The van der Waals surface area contributed by atoms with Gasteiger partial charge in [-0.25, -0.2) is 0 Å². The predicted octanol–water partition coefficient (Wildman–Crippen LogP) is 1.87. The molecule has 98 valence electrons. The lowest BCUT2D eigenvalue weighted by Crippen LogP contribution is -2.36. The van der Waals surface area contributed by atoms with Gasteiger partial charge in [-0.15, -0.1) is 0 Å². The van der Waals surface area contributed by atoms with Crippen LogP contribution >= 0.6 is 0 Å². The van der Waals surface area contributed by atoms with Crippen LogP contribution in [0.25, 0.3) is 0 Å². The molecule has 4 nitrogen and oxygen atoms in total. The molecule has 1 aromatic heterocycles. The van der Waals surface area contributed by atoms with Crippen molar-refractivity contribution in [2.75, 3.05) is 6.61 Å². The van der Waals surface area contributed by atoms with Crippen LogP contribution < -0.4 is 5.32 Å². The molecule has 0 spiro atoms. The van der Waals surface area contributed by atoms with Crippen LogP contribution in [-0.4, -0.2) is 27.5 Å². The summed E-state index contributed by atoms with van der Waals surface area (Å²) in [7, 11) is 1.92. The van der Waals surface area contributed by atoms with Crippen LogP contribution in [0.4, 0.5) is 0 Å². The zero-order chi connectivity index (χ0) is 12.8. The molecule has 2 atom stereocenters. The fourth-order valence-electron chi connectivity index (χ4n) is 2.12. The maximum Gasteiger partial charge on any atom is 0.0584 e. The van der Waals surface area contributed by atoms with E-state index in [9.17, 15) is 5.11 Å². The molecule has 17 heavy (non-hydrogen) atoms. The number of nitrogens with one attached hydrogen (secondary N) is 1. The highest BCUT2D eigenvalue weighted by molar-refractivity contribution is 5.10. The lowest BCUT2D eigenvalue weighted by atomic mass is 10.0. The first kappa shape index (κ1) is 14.2. The number of nitrogens with zero attached hydrogens (tertiary/aromatic N) is 2. The summed E-state index contributed by atoms with van der Waals surface area (Å²) in [5, 5.41) is 17.1. The van der Waals surface area contributed by atoms with Crippen LogP contribution in [0.5, 0.6) is 0 Å². The normalized spacial score (nSPS) is 15.2. The fraction of sp³-hybridized carbons (Fsp3) is 0.769. The molecule has 2 unspecified atom stereocenters. The third kappa shape index (κ3) is 4.48. The average molecular weight is 239 g/mol. The van der Waals surface area contributed by atoms with E-state index in [1.807, 2.05) is 24.1 Å². The van der Waals surface area contributed by atoms with E-state index < -0.39 is 0 Å². The van der Waals surface area contributed by atoms with E-state index in [1.165, 1.54) is 5.56 Å². The molecule has 1 rings (SSSR count). The molecule has 1 aromatic rings. The highest BCUT2D eigenvalue weighted by Gasteiger charge is 2.17. The Labute approximate surface area is 104 Å². The minimum Gasteiger partial charge on any atom is -0.395 e. The van der Waals surface area contributed by atoms with Gasteiger partial charge in [-0.2, -0.15) is 5.10 Å². The second kappa shape index (κ2) is 6.77. The fourth-order valence-corrected chi connectivity index (χ4v) is 2.12. The molecule has 1 heterocycles. The molecule has 4 heteroatoms. The maximum absolute atomic E-state index is 9.39. The van der Waals surface area contributed by atoms with E-state index in [4.69, 9.17) is 0 Å². The Morgan fingerprint density at radius 2 is 2.18 bits per heavy atom. The van der Waals surface area contributed by atoms with E-state index in [0.717, 1.165) is 12.8 Å². The van der Waals surface area contributed by atoms with Gasteiger partial charge < -0.3 is 10.4 Å². The molecule has 0 aromatic carbocycles. The minimum atomic E-state index is 0.167. The summed E-state index contributed by atoms with van der Waals surface area (Å²) in [6.07, 6.45) is 5.92. The van der Waals surface area contributed by atoms with Crippen LogP contribution in [0.15, 0.2) is 12.4 Å². The van der Waals surface area contributed by atoms with Crippen LogP contribution in [0.1, 0.15) is 45.2 Å². The van der Waals surface area contributed by atoms with Gasteiger partial charge in [0.2, 0.25) is 0 Å². The Bertz CT molecular complexity index is 322. The number of hydrogen-bond donors (Lipinski definition) is 2. The van der Waals surface area contributed by atoms with E-state index in [2.05, 4.69) is 31.2 Å². The highest BCUT2D eigenvalue weighted by atomic mass is 16.3. The predicted molar refractivity (Wildman–Crippen MR) is 69.7 cm³/mol. The molecule has 0 amide bonds. The van der Waals surface area contributed by atoms with Gasteiger partial charge in [0.1, 0.15) is 0 Å². The van der Waals surface area contributed by atoms with Crippen LogP contribution in [0.3, 0.4) is 0 Å². The molecule has 0 saturated heterocycles. The number of aliphatic hydroxyl groups excluding tert-OH is 1. The highest BCUT2D eigenvalue weighted by Crippen LogP contribution is 2.17. The Hall–Kier alpha value is -0.870. The van der Waals surface area contributed by atoms with Crippen molar-refractivity contribution >= 4 is 0 Å². The van der Waals surface area contributed by atoms with Crippen molar-refractivity contribution in [1.82, 2.24) is 15.1 Å². The van der Waals surface area contributed by atoms with Crippen molar-refractivity contribution in [3.8, 4) is 0 Å². The lowest BCUT2D eigenvalue weighted by Gasteiger charge is -2.24. The topological polar surface area (TPSA) is 50.1 Å². The standard InChI is InChI=1S/C13H25N3O/c1-5-13(11-7-14-16(4)8-11)15-12(9-17)6-10(2)3/h7-8,10,12-13,15,17H,5-6,9H2,1-4H3. The molecule has 0 aliphatic heterocycles. The molecular weight excluding hydrogens is 214 g/mol. The van der Waals surface area contributed by atoms with Gasteiger partial charge in [0.15, 0.2) is 0 Å². The molecule has 2 N–H and O–H groups in total. The first-order chi connectivity index (χ1) is 8.06. The molecule has 0 bridgehead atoms. The summed E-state index contributed by atoms with van der Waals surface area (Å²) in [4.78, 5) is 0. The van der Waals surface area contributed by atoms with E-state index in [-0.39, 0.29) is 18.7 Å². The minimum absolute atomic E-state index is 0.167. The second-order valence-corrected chi connectivity index (χ2v) is 5.08. The van der Waals surface area contributed by atoms with Gasteiger partial charge in [0, 0.05) is 30.9 Å². The third-order valence-electron chi connectivity index (χ3n) is 2.95. The SMILES string of the molecule is CCC(NC(CO)CC(C)C)c1cnn(C)c1. The summed E-state index contributed by atoms with van der Waals surface area (Å²) in [6, 6.07) is 0.444. The van der Waals surface area contributed by atoms with Crippen molar-refractivity contribution in [1.29, 1.82) is 0 Å². The Morgan fingerprint density at radius 1 is 1.47 bits per heavy atom. The van der Waals surface area contributed by atoms with E-state index in [0.29, 0.717) is 5.92 Å². The number of aliphatic hydroxyl groups is 1. The van der Waals surface area contributed by atoms with Gasteiger partial charge in [0.05, 0.1) is 12.8 Å². The van der Waals surface area contributed by atoms with Crippen molar-refractivity contribution in [2.45, 2.75) is 45.7 Å². The molecule has 0 aliphatic carbocycles. The largest absolute Gasteiger partial charge is 0.395 e. The zero-order valence-corrected chi connectivity index (χ0v) is 11.3. The summed E-state index contributed by atoms with van der Waals surface area (Å²) in [5.41, 5.74) is 1.19. The zero-order valence-electron chi connectivity index (χ0n) is 11.3. The quantitative estimate of drug-likeness (QED) is 0.763. The van der Waals surface area contributed by atoms with Crippen molar-refractivity contribution < 1.29 is 5.11 Å². The smallest absolute Gasteiger partial charge is 0.0584 e. The van der Waals surface area contributed by atoms with Crippen molar-refractivity contribution in [3.63, 3.8) is 0 Å². The summed E-state index contributed by atoms with van der Waals surface area (Å²) < 4.78 is 1.82. The van der Waals surface area contributed by atoms with Gasteiger partial charge in [0.25, 0.3) is 0 Å². The number of hydrogen-bond acceptors (Lipinski definition) is 3. The second-order valence-electron chi connectivity index (χ2n) is 5.08. The molecular formula is C13H25N3O. The molecule has 0 aliphatic rings. The maximum atomic E-state index is 9.39. The number of aryl methyl sites for hydroxylation is 1. The van der Waals surface area contributed by atoms with E-state index in [1.54, 1.807) is 0 Å². The van der Waals surface area contributed by atoms with Crippen LogP contribution in [0, 0.1) is 5.92 Å². The third-order valence-corrected chi connectivity index (χ3v) is 2.95. The molecule has 0 fully saturated rings.